The molecule has 0 bridgehead atoms. The van der Waals surface area contributed by atoms with Crippen LogP contribution in [-0.4, -0.2) is 18.9 Å². The van der Waals surface area contributed by atoms with Crippen molar-refractivity contribution in [3.05, 3.63) is 28.8 Å². The molecule has 1 aromatic carbocycles. The van der Waals surface area contributed by atoms with Crippen molar-refractivity contribution >= 4 is 17.9 Å². The number of hydrogen-bond acceptors (Lipinski definition) is 2. The summed E-state index contributed by atoms with van der Waals surface area (Å²) in [6.07, 6.45) is 0.748. The molecule has 4 heteroatoms. The van der Waals surface area contributed by atoms with Crippen LogP contribution in [0, 0.1) is 13.8 Å². The van der Waals surface area contributed by atoms with Crippen molar-refractivity contribution in [3.8, 4) is 5.75 Å². The van der Waals surface area contributed by atoms with E-state index in [4.69, 9.17) is 4.74 Å². The van der Waals surface area contributed by atoms with Gasteiger partial charge >= 0.3 is 0 Å². The van der Waals surface area contributed by atoms with Crippen molar-refractivity contribution in [1.29, 1.82) is 0 Å². The number of rotatable bonds is 4. The minimum Gasteiger partial charge on any atom is -0.496 e. The van der Waals surface area contributed by atoms with E-state index in [1.165, 1.54) is 5.56 Å². The van der Waals surface area contributed by atoms with Crippen molar-refractivity contribution in [2.75, 3.05) is 13.7 Å². The van der Waals surface area contributed by atoms with Crippen LogP contribution in [0.5, 0.6) is 5.75 Å². The fourth-order valence-corrected chi connectivity index (χ4v) is 1.94. The van der Waals surface area contributed by atoms with Crippen molar-refractivity contribution in [3.63, 3.8) is 0 Å². The van der Waals surface area contributed by atoms with E-state index >= 15 is 0 Å². The predicted molar refractivity (Wildman–Crippen MR) is 68.6 cm³/mol. The zero-order valence-electron chi connectivity index (χ0n) is 9.83. The van der Waals surface area contributed by atoms with Crippen molar-refractivity contribution < 1.29 is 9.53 Å². The number of nitrogens with one attached hydrogen (secondary N) is 1. The Morgan fingerprint density at radius 1 is 1.44 bits per heavy atom. The molecule has 16 heavy (non-hydrogen) atoms. The van der Waals surface area contributed by atoms with Crippen molar-refractivity contribution in [2.45, 2.75) is 20.3 Å². The van der Waals surface area contributed by atoms with Gasteiger partial charge in [-0.15, -0.1) is 0 Å². The molecule has 0 aliphatic rings. The number of carbonyl (C=O) groups excluding carboxylic acids is 1. The Morgan fingerprint density at radius 3 is 2.69 bits per heavy atom. The van der Waals surface area contributed by atoms with Gasteiger partial charge in [-0.25, -0.2) is 0 Å². The predicted octanol–water partition coefficient (Wildman–Crippen LogP) is 2.49. The molecule has 0 radical (unpaired) electrons. The lowest BCUT2D eigenvalue weighted by Gasteiger charge is -2.12. The Bertz CT molecular complexity index is 391. The molecule has 0 unspecified atom stereocenters. The third-order valence-electron chi connectivity index (χ3n) is 2.37. The van der Waals surface area contributed by atoms with E-state index in [2.05, 4.69) is 30.1 Å². The van der Waals surface area contributed by atoms with Gasteiger partial charge in [-0.05, 0) is 31.4 Å². The number of thiol groups is 1. The monoisotopic (exact) mass is 239 g/mol. The minimum atomic E-state index is -0.302. The summed E-state index contributed by atoms with van der Waals surface area (Å²) in [5.41, 5.74) is 3.43. The highest BCUT2D eigenvalue weighted by Gasteiger charge is 2.07. The normalized spacial score (nSPS) is 10.0. The van der Waals surface area contributed by atoms with Crippen LogP contribution in [0.1, 0.15) is 16.7 Å². The number of ether oxygens (including phenoxy) is 1. The summed E-state index contributed by atoms with van der Waals surface area (Å²) in [6.45, 7) is 4.64. The molecule has 0 atom stereocenters. The molecular formula is C12H17NO2S. The van der Waals surface area contributed by atoms with Crippen LogP contribution in [0.25, 0.3) is 0 Å². The largest absolute Gasteiger partial charge is 0.496 e. The summed E-state index contributed by atoms with van der Waals surface area (Å²) < 4.78 is 5.36. The Labute approximate surface area is 102 Å². The molecule has 88 valence electrons. The van der Waals surface area contributed by atoms with Gasteiger partial charge in [0, 0.05) is 6.54 Å². The van der Waals surface area contributed by atoms with E-state index in [9.17, 15) is 4.79 Å². The number of benzene rings is 1. The van der Waals surface area contributed by atoms with Gasteiger partial charge in [0.25, 0.3) is 5.24 Å². The molecule has 0 spiro atoms. The Morgan fingerprint density at radius 2 is 2.12 bits per heavy atom. The van der Waals surface area contributed by atoms with Crippen LogP contribution in [-0.2, 0) is 6.42 Å². The number of carbonyl (C=O) groups is 1. The SMILES string of the molecule is COc1c(C)cc(C)cc1CCNC(=O)S. The molecule has 1 aromatic rings. The first-order valence-corrected chi connectivity index (χ1v) is 5.60. The lowest BCUT2D eigenvalue weighted by molar-refractivity contribution is 0.261. The Balaban J connectivity index is 2.81. The van der Waals surface area contributed by atoms with Crippen LogP contribution < -0.4 is 10.1 Å². The number of aryl methyl sites for hydroxylation is 2. The quantitative estimate of drug-likeness (QED) is 0.792. The highest BCUT2D eigenvalue weighted by atomic mass is 32.1. The van der Waals surface area contributed by atoms with Crippen LogP contribution in [0.2, 0.25) is 0 Å². The number of hydrogen-bond donors (Lipinski definition) is 2. The van der Waals surface area contributed by atoms with Crippen molar-refractivity contribution in [1.82, 2.24) is 5.32 Å². The molecular weight excluding hydrogens is 222 g/mol. The summed E-state index contributed by atoms with van der Waals surface area (Å²) >= 11 is 3.65. The minimum absolute atomic E-state index is 0.302. The first-order valence-electron chi connectivity index (χ1n) is 5.15. The number of methoxy groups -OCH3 is 1. The summed E-state index contributed by atoms with van der Waals surface area (Å²) in [6, 6.07) is 4.16. The molecule has 0 aliphatic carbocycles. The third kappa shape index (κ3) is 3.45. The summed E-state index contributed by atoms with van der Waals surface area (Å²) in [5.74, 6) is 0.902. The molecule has 0 saturated carbocycles. The van der Waals surface area contributed by atoms with Gasteiger partial charge in [-0.1, -0.05) is 30.3 Å². The van der Waals surface area contributed by atoms with Crippen LogP contribution in [0.4, 0.5) is 4.79 Å². The van der Waals surface area contributed by atoms with Crippen LogP contribution in [0.3, 0.4) is 0 Å². The van der Waals surface area contributed by atoms with Crippen molar-refractivity contribution in [2.24, 2.45) is 0 Å². The lowest BCUT2D eigenvalue weighted by Crippen LogP contribution is -2.19. The lowest BCUT2D eigenvalue weighted by atomic mass is 10.0. The molecule has 0 saturated heterocycles. The first-order chi connectivity index (χ1) is 7.54. The van der Waals surface area contributed by atoms with E-state index in [-0.39, 0.29) is 5.24 Å². The van der Waals surface area contributed by atoms with Crippen LogP contribution >= 0.6 is 12.6 Å². The second kappa shape index (κ2) is 5.80. The molecule has 0 fully saturated rings. The van der Waals surface area contributed by atoms with Gasteiger partial charge < -0.3 is 10.1 Å². The van der Waals surface area contributed by atoms with E-state index in [0.29, 0.717) is 6.54 Å². The summed E-state index contributed by atoms with van der Waals surface area (Å²) in [4.78, 5) is 10.6. The zero-order chi connectivity index (χ0) is 12.1. The Hall–Kier alpha value is -1.16. The maximum atomic E-state index is 10.6. The molecule has 0 aliphatic heterocycles. The van der Waals surface area contributed by atoms with E-state index < -0.39 is 0 Å². The molecule has 0 aromatic heterocycles. The van der Waals surface area contributed by atoms with E-state index in [1.807, 2.05) is 13.8 Å². The topological polar surface area (TPSA) is 38.3 Å². The molecule has 1 N–H and O–H groups in total. The molecule has 1 amide bonds. The summed E-state index contributed by atoms with van der Waals surface area (Å²) in [7, 11) is 1.67. The maximum absolute atomic E-state index is 10.6. The molecule has 3 nitrogen and oxygen atoms in total. The summed E-state index contributed by atoms with van der Waals surface area (Å²) in [5, 5.41) is 2.35. The van der Waals surface area contributed by atoms with Gasteiger partial charge in [0.15, 0.2) is 0 Å². The highest BCUT2D eigenvalue weighted by Crippen LogP contribution is 2.25. The van der Waals surface area contributed by atoms with E-state index in [1.54, 1.807) is 7.11 Å². The van der Waals surface area contributed by atoms with Gasteiger partial charge in [0.05, 0.1) is 7.11 Å². The molecule has 0 heterocycles. The van der Waals surface area contributed by atoms with E-state index in [0.717, 1.165) is 23.3 Å². The van der Waals surface area contributed by atoms with Gasteiger partial charge in [-0.2, -0.15) is 0 Å². The smallest absolute Gasteiger partial charge is 0.275 e. The van der Waals surface area contributed by atoms with Gasteiger partial charge in [-0.3, -0.25) is 4.79 Å². The molecule has 1 rings (SSSR count). The maximum Gasteiger partial charge on any atom is 0.275 e. The Kier molecular flexibility index (Phi) is 4.68. The zero-order valence-corrected chi connectivity index (χ0v) is 10.7. The average molecular weight is 239 g/mol. The fourth-order valence-electron chi connectivity index (χ4n) is 1.82. The second-order valence-corrected chi connectivity index (χ2v) is 4.16. The standard InChI is InChI=1S/C12H17NO2S/c1-8-6-9(2)11(15-3)10(7-8)4-5-13-12(14)16/h6-7H,4-5H2,1-3H3,(H2,13,14,16). The van der Waals surface area contributed by atoms with Crippen LogP contribution in [0.15, 0.2) is 12.1 Å². The van der Waals surface area contributed by atoms with Gasteiger partial charge in [0.2, 0.25) is 0 Å². The average Bonchev–Trinajstić information content (AvgIpc) is 2.16. The first kappa shape index (κ1) is 12.9. The highest BCUT2D eigenvalue weighted by molar-refractivity contribution is 7.96. The fraction of sp³-hybridized carbons (Fsp3) is 0.417. The van der Waals surface area contributed by atoms with Gasteiger partial charge in [0.1, 0.15) is 5.75 Å². The number of amides is 1. The third-order valence-corrected chi connectivity index (χ3v) is 2.53. The second-order valence-electron chi connectivity index (χ2n) is 3.76.